The van der Waals surface area contributed by atoms with Crippen molar-refractivity contribution >= 4 is 27.3 Å². The molecule has 0 aliphatic carbocycles. The zero-order chi connectivity index (χ0) is 19.7. The summed E-state index contributed by atoms with van der Waals surface area (Å²) < 4.78 is 33.1. The second kappa shape index (κ2) is 7.16. The normalized spacial score (nSPS) is 13.4. The molecule has 7 heteroatoms. The predicted octanol–water partition coefficient (Wildman–Crippen LogP) is 3.73. The van der Waals surface area contributed by atoms with E-state index in [1.165, 1.54) is 6.26 Å². The highest BCUT2D eigenvalue weighted by Gasteiger charge is 2.27. The molecule has 0 saturated heterocycles. The van der Waals surface area contributed by atoms with Crippen molar-refractivity contribution in [2.45, 2.75) is 19.1 Å². The third-order valence-electron chi connectivity index (χ3n) is 4.84. The minimum Gasteiger partial charge on any atom is -0.459 e. The molecule has 3 aromatic rings. The number of fused-ring (bicyclic) bond motifs is 1. The summed E-state index contributed by atoms with van der Waals surface area (Å²) in [6.45, 7) is 2.42. The van der Waals surface area contributed by atoms with Gasteiger partial charge in [-0.3, -0.25) is 9.52 Å². The largest absolute Gasteiger partial charge is 0.459 e. The van der Waals surface area contributed by atoms with Crippen LogP contribution in [0.25, 0.3) is 0 Å². The summed E-state index contributed by atoms with van der Waals surface area (Å²) in [5.41, 5.74) is 3.83. The van der Waals surface area contributed by atoms with Crippen molar-refractivity contribution in [3.8, 4) is 0 Å². The Morgan fingerprint density at radius 1 is 1.14 bits per heavy atom. The number of sulfonamides is 1. The van der Waals surface area contributed by atoms with E-state index in [0.717, 1.165) is 23.1 Å². The SMILES string of the molecule is Cc1ccccc1CS(=O)(=O)Nc1ccc2c(c1)N(C(=O)c1ccco1)CC2. The quantitative estimate of drug-likeness (QED) is 0.713. The third-order valence-corrected chi connectivity index (χ3v) is 6.08. The number of nitrogens with zero attached hydrogens (tertiary/aromatic N) is 1. The van der Waals surface area contributed by atoms with Crippen molar-refractivity contribution in [1.29, 1.82) is 0 Å². The summed E-state index contributed by atoms with van der Waals surface area (Å²) >= 11 is 0. The molecule has 144 valence electrons. The second-order valence-electron chi connectivity index (χ2n) is 6.82. The van der Waals surface area contributed by atoms with E-state index in [-0.39, 0.29) is 17.4 Å². The molecule has 2 aromatic carbocycles. The van der Waals surface area contributed by atoms with Gasteiger partial charge in [-0.25, -0.2) is 8.42 Å². The molecular weight excluding hydrogens is 376 g/mol. The van der Waals surface area contributed by atoms with Gasteiger partial charge in [0.1, 0.15) is 0 Å². The van der Waals surface area contributed by atoms with Crippen molar-refractivity contribution in [3.05, 3.63) is 83.3 Å². The van der Waals surface area contributed by atoms with Crippen LogP contribution >= 0.6 is 0 Å². The molecule has 0 bridgehead atoms. The summed E-state index contributed by atoms with van der Waals surface area (Å²) in [4.78, 5) is 14.3. The molecule has 0 spiro atoms. The lowest BCUT2D eigenvalue weighted by atomic mass is 10.1. The van der Waals surface area contributed by atoms with Crippen LogP contribution in [-0.4, -0.2) is 20.9 Å². The first-order chi connectivity index (χ1) is 13.4. The van der Waals surface area contributed by atoms with Gasteiger partial charge in [-0.1, -0.05) is 30.3 Å². The number of carbonyl (C=O) groups excluding carboxylic acids is 1. The molecule has 6 nitrogen and oxygen atoms in total. The molecule has 1 N–H and O–H groups in total. The van der Waals surface area contributed by atoms with Gasteiger partial charge in [0.15, 0.2) is 5.76 Å². The van der Waals surface area contributed by atoms with E-state index < -0.39 is 10.0 Å². The topological polar surface area (TPSA) is 79.6 Å². The van der Waals surface area contributed by atoms with Gasteiger partial charge < -0.3 is 9.32 Å². The number of benzene rings is 2. The molecule has 1 aliphatic rings. The van der Waals surface area contributed by atoms with Gasteiger partial charge in [-0.15, -0.1) is 0 Å². The fourth-order valence-corrected chi connectivity index (χ4v) is 4.67. The van der Waals surface area contributed by atoms with Gasteiger partial charge in [0.2, 0.25) is 10.0 Å². The van der Waals surface area contributed by atoms with E-state index >= 15 is 0 Å². The standard InChI is InChI=1S/C21H20N2O4S/c1-15-5-2-3-6-17(15)14-28(25,26)22-18-9-8-16-10-11-23(19(16)13-18)21(24)20-7-4-12-27-20/h2-9,12-13,22H,10-11,14H2,1H3. The van der Waals surface area contributed by atoms with Crippen LogP contribution in [0.15, 0.2) is 65.3 Å². The summed E-state index contributed by atoms with van der Waals surface area (Å²) in [7, 11) is -3.58. The average Bonchev–Trinajstić information content (AvgIpc) is 3.32. The van der Waals surface area contributed by atoms with E-state index in [9.17, 15) is 13.2 Å². The van der Waals surface area contributed by atoms with Crippen molar-refractivity contribution < 1.29 is 17.6 Å². The number of aryl methyl sites for hydroxylation is 1. The predicted molar refractivity (Wildman–Crippen MR) is 108 cm³/mol. The van der Waals surface area contributed by atoms with Gasteiger partial charge in [-0.2, -0.15) is 0 Å². The fourth-order valence-electron chi connectivity index (χ4n) is 3.38. The molecule has 28 heavy (non-hydrogen) atoms. The van der Waals surface area contributed by atoms with Crippen LogP contribution in [-0.2, 0) is 22.2 Å². The van der Waals surface area contributed by atoms with E-state index in [0.29, 0.717) is 17.9 Å². The fraction of sp³-hybridized carbons (Fsp3) is 0.190. The summed E-state index contributed by atoms with van der Waals surface area (Å²) in [5.74, 6) is -0.0757. The first-order valence-corrected chi connectivity index (χ1v) is 10.6. The highest BCUT2D eigenvalue weighted by Crippen LogP contribution is 2.32. The Bertz CT molecular complexity index is 1120. The maximum absolute atomic E-state index is 12.6. The Balaban J connectivity index is 1.56. The lowest BCUT2D eigenvalue weighted by Crippen LogP contribution is -2.28. The van der Waals surface area contributed by atoms with Crippen molar-refractivity contribution in [1.82, 2.24) is 0 Å². The molecule has 1 aromatic heterocycles. The minimum absolute atomic E-state index is 0.105. The lowest BCUT2D eigenvalue weighted by molar-refractivity contribution is 0.0963. The first kappa shape index (κ1) is 18.3. The number of nitrogens with one attached hydrogen (secondary N) is 1. The lowest BCUT2D eigenvalue weighted by Gasteiger charge is -2.17. The van der Waals surface area contributed by atoms with Crippen LogP contribution in [0, 0.1) is 6.92 Å². The summed E-state index contributed by atoms with van der Waals surface area (Å²) in [6.07, 6.45) is 2.18. The highest BCUT2D eigenvalue weighted by molar-refractivity contribution is 7.91. The zero-order valence-corrected chi connectivity index (χ0v) is 16.2. The van der Waals surface area contributed by atoms with Crippen LogP contribution in [0.3, 0.4) is 0 Å². The van der Waals surface area contributed by atoms with Crippen LogP contribution in [0.2, 0.25) is 0 Å². The van der Waals surface area contributed by atoms with Crippen molar-refractivity contribution in [2.75, 3.05) is 16.2 Å². The molecule has 0 unspecified atom stereocenters. The van der Waals surface area contributed by atoms with Gasteiger partial charge in [0, 0.05) is 12.2 Å². The number of carbonyl (C=O) groups is 1. The van der Waals surface area contributed by atoms with Crippen LogP contribution < -0.4 is 9.62 Å². The van der Waals surface area contributed by atoms with Gasteiger partial charge in [0.25, 0.3) is 5.91 Å². The van der Waals surface area contributed by atoms with Crippen molar-refractivity contribution in [3.63, 3.8) is 0 Å². The smallest absolute Gasteiger partial charge is 0.293 e. The molecular formula is C21H20N2O4S. The van der Waals surface area contributed by atoms with Crippen LogP contribution in [0.4, 0.5) is 11.4 Å². The molecule has 1 amide bonds. The van der Waals surface area contributed by atoms with Crippen LogP contribution in [0.1, 0.15) is 27.2 Å². The Labute approximate surface area is 163 Å². The van der Waals surface area contributed by atoms with E-state index in [4.69, 9.17) is 4.42 Å². The molecule has 2 heterocycles. The zero-order valence-electron chi connectivity index (χ0n) is 15.4. The first-order valence-electron chi connectivity index (χ1n) is 8.96. The molecule has 4 rings (SSSR count). The Hall–Kier alpha value is -3.06. The molecule has 1 aliphatic heterocycles. The molecule has 0 atom stereocenters. The average molecular weight is 396 g/mol. The summed E-state index contributed by atoms with van der Waals surface area (Å²) in [6, 6.07) is 16.0. The molecule has 0 radical (unpaired) electrons. The second-order valence-corrected chi connectivity index (χ2v) is 8.54. The summed E-state index contributed by atoms with van der Waals surface area (Å²) in [5, 5.41) is 0. The Morgan fingerprint density at radius 3 is 2.71 bits per heavy atom. The van der Waals surface area contributed by atoms with Gasteiger partial charge in [-0.05, 0) is 54.3 Å². The van der Waals surface area contributed by atoms with E-state index in [1.54, 1.807) is 35.2 Å². The van der Waals surface area contributed by atoms with E-state index in [1.807, 2.05) is 31.2 Å². The number of furan rings is 1. The number of rotatable bonds is 5. The maximum atomic E-state index is 12.6. The van der Waals surface area contributed by atoms with Gasteiger partial charge >= 0.3 is 0 Å². The molecule has 0 fully saturated rings. The third kappa shape index (κ3) is 3.66. The Morgan fingerprint density at radius 2 is 1.96 bits per heavy atom. The maximum Gasteiger partial charge on any atom is 0.293 e. The number of anilines is 2. The minimum atomic E-state index is -3.58. The van der Waals surface area contributed by atoms with E-state index in [2.05, 4.69) is 4.72 Å². The molecule has 0 saturated carbocycles. The van der Waals surface area contributed by atoms with Crippen molar-refractivity contribution in [2.24, 2.45) is 0 Å². The number of hydrogen-bond donors (Lipinski definition) is 1. The number of hydrogen-bond acceptors (Lipinski definition) is 4. The van der Waals surface area contributed by atoms with Crippen LogP contribution in [0.5, 0.6) is 0 Å². The Kier molecular flexibility index (Phi) is 4.68. The monoisotopic (exact) mass is 396 g/mol. The number of amides is 1. The highest BCUT2D eigenvalue weighted by atomic mass is 32.2. The van der Waals surface area contributed by atoms with Gasteiger partial charge in [0.05, 0.1) is 17.7 Å².